The van der Waals surface area contributed by atoms with Crippen LogP contribution in [0.2, 0.25) is 0 Å². The lowest BCUT2D eigenvalue weighted by Crippen LogP contribution is -1.95. The summed E-state index contributed by atoms with van der Waals surface area (Å²) in [7, 11) is 0. The van der Waals surface area contributed by atoms with Gasteiger partial charge in [-0.1, -0.05) is 60.7 Å². The highest BCUT2D eigenvalue weighted by molar-refractivity contribution is 5.89. The molecule has 0 N–H and O–H groups in total. The van der Waals surface area contributed by atoms with E-state index in [2.05, 4.69) is 11.1 Å². The van der Waals surface area contributed by atoms with Crippen LogP contribution in [0, 0.1) is 24.1 Å². The number of fused-ring (bicyclic) bond motifs is 1. The van der Waals surface area contributed by atoms with Crippen LogP contribution >= 0.6 is 0 Å². The molecule has 1 aromatic heterocycles. The van der Waals surface area contributed by atoms with Crippen molar-refractivity contribution in [3.8, 4) is 17.2 Å². The zero-order chi connectivity index (χ0) is 18.8. The van der Waals surface area contributed by atoms with Gasteiger partial charge in [-0.3, -0.25) is 0 Å². The fourth-order valence-electron chi connectivity index (χ4n) is 3.35. The molecule has 0 unspecified atom stereocenters. The van der Waals surface area contributed by atoms with Crippen molar-refractivity contribution in [1.82, 2.24) is 4.98 Å². The Morgan fingerprint density at radius 2 is 1.67 bits per heavy atom. The number of hydrogen-bond donors (Lipinski definition) is 0. The van der Waals surface area contributed by atoms with Crippen LogP contribution in [-0.4, -0.2) is 4.98 Å². The average molecular weight is 356 g/mol. The van der Waals surface area contributed by atoms with Gasteiger partial charge in [-0.05, 0) is 30.0 Å². The van der Waals surface area contributed by atoms with Crippen LogP contribution in [0.1, 0.15) is 22.6 Å². The van der Waals surface area contributed by atoms with Crippen molar-refractivity contribution in [1.29, 1.82) is 5.26 Å². The number of oxazole rings is 1. The minimum absolute atomic E-state index is 0.0547. The lowest BCUT2D eigenvalue weighted by atomic mass is 9.95. The van der Waals surface area contributed by atoms with Crippen LogP contribution in [-0.2, 0) is 12.8 Å². The van der Waals surface area contributed by atoms with E-state index >= 15 is 4.39 Å². The molecule has 0 atom stereocenters. The van der Waals surface area contributed by atoms with Gasteiger partial charge in [0.25, 0.3) is 0 Å². The van der Waals surface area contributed by atoms with Gasteiger partial charge in [-0.25, -0.2) is 9.37 Å². The molecule has 0 amide bonds. The quantitative estimate of drug-likeness (QED) is 0.478. The maximum Gasteiger partial charge on any atom is 0.196 e. The van der Waals surface area contributed by atoms with E-state index in [1.54, 1.807) is 6.92 Å². The molecular formula is C23H17FN2O. The Balaban J connectivity index is 1.81. The summed E-state index contributed by atoms with van der Waals surface area (Å²) in [6, 6.07) is 21.4. The third kappa shape index (κ3) is 3.09. The van der Waals surface area contributed by atoms with Crippen LogP contribution in [0.3, 0.4) is 0 Å². The second-order valence-corrected chi connectivity index (χ2v) is 6.44. The summed E-state index contributed by atoms with van der Waals surface area (Å²) in [5.41, 5.74) is 3.56. The van der Waals surface area contributed by atoms with Crippen molar-refractivity contribution in [3.05, 3.63) is 89.1 Å². The van der Waals surface area contributed by atoms with E-state index in [1.165, 1.54) is 0 Å². The van der Waals surface area contributed by atoms with Gasteiger partial charge in [0.15, 0.2) is 17.3 Å². The number of aryl methyl sites for hydroxylation is 2. The summed E-state index contributed by atoms with van der Waals surface area (Å²) in [6.07, 6.45) is 1.28. The van der Waals surface area contributed by atoms with Crippen molar-refractivity contribution < 1.29 is 8.81 Å². The van der Waals surface area contributed by atoms with Crippen molar-refractivity contribution in [2.75, 3.05) is 0 Å². The first-order chi connectivity index (χ1) is 13.2. The number of nitriles is 1. The Hall–Kier alpha value is -3.45. The van der Waals surface area contributed by atoms with E-state index in [0.717, 1.165) is 12.0 Å². The third-order valence-corrected chi connectivity index (χ3v) is 4.72. The Morgan fingerprint density at radius 1 is 1.00 bits per heavy atom. The van der Waals surface area contributed by atoms with Gasteiger partial charge in [-0.15, -0.1) is 0 Å². The second-order valence-electron chi connectivity index (χ2n) is 6.44. The molecule has 0 fully saturated rings. The maximum atomic E-state index is 15.3. The van der Waals surface area contributed by atoms with E-state index in [0.29, 0.717) is 40.1 Å². The smallest absolute Gasteiger partial charge is 0.196 e. The van der Waals surface area contributed by atoms with Crippen LogP contribution < -0.4 is 0 Å². The zero-order valence-electron chi connectivity index (χ0n) is 14.9. The number of nitrogens with zero attached hydrogens (tertiary/aromatic N) is 2. The molecule has 3 aromatic carbocycles. The molecule has 4 aromatic rings. The maximum absolute atomic E-state index is 15.3. The van der Waals surface area contributed by atoms with Gasteiger partial charge in [0.2, 0.25) is 0 Å². The molecule has 0 spiro atoms. The molecule has 27 heavy (non-hydrogen) atoms. The first-order valence-electron chi connectivity index (χ1n) is 8.80. The van der Waals surface area contributed by atoms with Crippen molar-refractivity contribution in [3.63, 3.8) is 0 Å². The van der Waals surface area contributed by atoms with Crippen molar-refractivity contribution in [2.45, 2.75) is 19.8 Å². The Morgan fingerprint density at radius 3 is 2.33 bits per heavy atom. The predicted octanol–water partition coefficient (Wildman–Crippen LogP) is 5.60. The predicted molar refractivity (Wildman–Crippen MR) is 103 cm³/mol. The summed E-state index contributed by atoms with van der Waals surface area (Å²) in [5, 5.41) is 9.64. The summed E-state index contributed by atoms with van der Waals surface area (Å²) in [6.45, 7) is 1.75. The van der Waals surface area contributed by atoms with E-state index in [9.17, 15) is 5.26 Å². The van der Waals surface area contributed by atoms with Crippen LogP contribution in [0.25, 0.3) is 22.2 Å². The zero-order valence-corrected chi connectivity index (χ0v) is 14.9. The minimum Gasteiger partial charge on any atom is -0.438 e. The fraction of sp³-hybridized carbons (Fsp3) is 0.130. The molecule has 0 bridgehead atoms. The van der Waals surface area contributed by atoms with Gasteiger partial charge in [-0.2, -0.15) is 5.26 Å². The molecule has 0 aliphatic rings. The number of halogens is 1. The molecule has 3 nitrogen and oxygen atoms in total. The SMILES string of the molecule is Cc1c(-c2ccccc2)c(F)c2oc(CCc3ccccc3)nc2c1C#N. The normalized spacial score (nSPS) is 10.9. The summed E-state index contributed by atoms with van der Waals surface area (Å²) in [4.78, 5) is 4.43. The highest BCUT2D eigenvalue weighted by Gasteiger charge is 2.23. The fourth-order valence-corrected chi connectivity index (χ4v) is 3.35. The summed E-state index contributed by atoms with van der Waals surface area (Å²) in [5.74, 6) is -0.0278. The molecule has 0 saturated carbocycles. The average Bonchev–Trinajstić information content (AvgIpc) is 3.13. The van der Waals surface area contributed by atoms with E-state index in [4.69, 9.17) is 4.42 Å². The molecule has 1 heterocycles. The summed E-state index contributed by atoms with van der Waals surface area (Å²) >= 11 is 0. The first-order valence-corrected chi connectivity index (χ1v) is 8.80. The number of benzene rings is 3. The Labute approximate surface area is 156 Å². The number of hydrogen-bond acceptors (Lipinski definition) is 3. The monoisotopic (exact) mass is 356 g/mol. The number of rotatable bonds is 4. The molecule has 0 radical (unpaired) electrons. The van der Waals surface area contributed by atoms with Gasteiger partial charge < -0.3 is 4.42 Å². The van der Waals surface area contributed by atoms with E-state index in [1.807, 2.05) is 60.7 Å². The summed E-state index contributed by atoms with van der Waals surface area (Å²) < 4.78 is 21.0. The second kappa shape index (κ2) is 7.05. The molecular weight excluding hydrogens is 339 g/mol. The molecule has 4 heteroatoms. The highest BCUT2D eigenvalue weighted by atomic mass is 19.1. The molecule has 0 aliphatic carbocycles. The van der Waals surface area contributed by atoms with Crippen LogP contribution in [0.5, 0.6) is 0 Å². The molecule has 0 aliphatic heterocycles. The van der Waals surface area contributed by atoms with Gasteiger partial charge in [0, 0.05) is 12.0 Å². The Bertz CT molecular complexity index is 1140. The highest BCUT2D eigenvalue weighted by Crippen LogP contribution is 2.35. The van der Waals surface area contributed by atoms with E-state index in [-0.39, 0.29) is 5.58 Å². The molecule has 4 rings (SSSR count). The Kier molecular flexibility index (Phi) is 4.43. The van der Waals surface area contributed by atoms with E-state index < -0.39 is 5.82 Å². The van der Waals surface area contributed by atoms with Gasteiger partial charge >= 0.3 is 0 Å². The third-order valence-electron chi connectivity index (χ3n) is 4.72. The van der Waals surface area contributed by atoms with Crippen molar-refractivity contribution >= 4 is 11.1 Å². The standard InChI is InChI=1S/C23H17FN2O/c1-15-18(14-25)22-23(21(24)20(15)17-10-6-3-7-11-17)27-19(26-22)13-12-16-8-4-2-5-9-16/h2-11H,12-13H2,1H3. The lowest BCUT2D eigenvalue weighted by Gasteiger charge is -2.09. The topological polar surface area (TPSA) is 49.8 Å². The molecule has 0 saturated heterocycles. The van der Waals surface area contributed by atoms with Crippen LogP contribution in [0.15, 0.2) is 65.1 Å². The van der Waals surface area contributed by atoms with Crippen molar-refractivity contribution in [2.24, 2.45) is 0 Å². The van der Waals surface area contributed by atoms with Gasteiger partial charge in [0.05, 0.1) is 5.56 Å². The first kappa shape index (κ1) is 17.0. The van der Waals surface area contributed by atoms with Gasteiger partial charge in [0.1, 0.15) is 11.6 Å². The lowest BCUT2D eigenvalue weighted by molar-refractivity contribution is 0.505. The molecule has 132 valence electrons. The largest absolute Gasteiger partial charge is 0.438 e. The number of aromatic nitrogens is 1. The minimum atomic E-state index is -0.467. The van der Waals surface area contributed by atoms with Crippen LogP contribution in [0.4, 0.5) is 4.39 Å².